The Labute approximate surface area is 197 Å². The maximum Gasteiger partial charge on any atom is 0.425 e. The molecule has 34 heavy (non-hydrogen) atoms. The summed E-state index contributed by atoms with van der Waals surface area (Å²) in [4.78, 5) is 28.9. The van der Waals surface area contributed by atoms with Crippen LogP contribution in [0.15, 0.2) is 10.9 Å². The highest BCUT2D eigenvalue weighted by Crippen LogP contribution is 2.31. The summed E-state index contributed by atoms with van der Waals surface area (Å²) in [7, 11) is 0. The summed E-state index contributed by atoms with van der Waals surface area (Å²) in [6, 6.07) is 0.508. The molecule has 0 unspecified atom stereocenters. The maximum absolute atomic E-state index is 15.0. The number of nitrogens with zero attached hydrogens (tertiary/aromatic N) is 5. The first-order valence-electron chi connectivity index (χ1n) is 9.33. The minimum absolute atomic E-state index is 0.0531. The summed E-state index contributed by atoms with van der Waals surface area (Å²) < 4.78 is 60.5. The number of rotatable bonds is 7. The van der Waals surface area contributed by atoms with Crippen molar-refractivity contribution in [2.75, 3.05) is 5.32 Å². The summed E-state index contributed by atoms with van der Waals surface area (Å²) in [6.45, 7) is 1.56. The van der Waals surface area contributed by atoms with Crippen molar-refractivity contribution in [3.05, 3.63) is 44.1 Å². The fourth-order valence-electron chi connectivity index (χ4n) is 2.70. The Hall–Kier alpha value is -3.17. The van der Waals surface area contributed by atoms with E-state index in [1.165, 1.54) is 0 Å². The predicted molar refractivity (Wildman–Crippen MR) is 110 cm³/mol. The third kappa shape index (κ3) is 4.85. The lowest BCUT2D eigenvalue weighted by atomic mass is 10.2. The molecule has 3 aromatic heterocycles. The van der Waals surface area contributed by atoms with Gasteiger partial charge in [0.05, 0.1) is 0 Å². The van der Waals surface area contributed by atoms with Gasteiger partial charge < -0.3 is 15.2 Å². The van der Waals surface area contributed by atoms with Gasteiger partial charge in [0.25, 0.3) is 5.91 Å². The number of hydrogen-bond acceptors (Lipinski definition) is 7. The van der Waals surface area contributed by atoms with Crippen molar-refractivity contribution in [3.63, 3.8) is 0 Å². The van der Waals surface area contributed by atoms with Crippen LogP contribution in [0, 0.1) is 5.82 Å². The standard InChI is InChI=1S/C17H15Cl2F4N7O4/c1-3-29-9(5-31)28-30(16(29)33)13-8(20)4-7(15(25-13)34-6(2)17(21,22)23)14(32)24-10-11(18)26-27-12(10)19/h4,6,31H,3,5H2,1-2H3,(H,24,32)(H,26,27)/t6-/m0/s1. The molecule has 0 aliphatic heterocycles. The highest BCUT2D eigenvalue weighted by Gasteiger charge is 2.39. The van der Waals surface area contributed by atoms with Crippen LogP contribution >= 0.6 is 23.2 Å². The monoisotopic (exact) mass is 527 g/mol. The molecule has 3 rings (SSSR count). The van der Waals surface area contributed by atoms with Crippen molar-refractivity contribution >= 4 is 34.8 Å². The number of alkyl halides is 3. The van der Waals surface area contributed by atoms with E-state index < -0.39 is 53.6 Å². The van der Waals surface area contributed by atoms with Crippen LogP contribution in [-0.4, -0.2) is 52.8 Å². The molecule has 0 spiro atoms. The Morgan fingerprint density at radius 3 is 2.56 bits per heavy atom. The van der Waals surface area contributed by atoms with Crippen molar-refractivity contribution in [1.29, 1.82) is 0 Å². The van der Waals surface area contributed by atoms with Crippen molar-refractivity contribution in [2.24, 2.45) is 0 Å². The van der Waals surface area contributed by atoms with Crippen LogP contribution < -0.4 is 15.7 Å². The van der Waals surface area contributed by atoms with Gasteiger partial charge in [-0.05, 0) is 19.9 Å². The molecule has 3 aromatic rings. The molecule has 3 heterocycles. The number of H-pyrrole nitrogens is 1. The second-order valence-electron chi connectivity index (χ2n) is 6.62. The van der Waals surface area contributed by atoms with E-state index in [1.807, 2.05) is 0 Å². The first-order chi connectivity index (χ1) is 15.9. The number of amides is 1. The number of nitrogens with one attached hydrogen (secondary N) is 2. The lowest BCUT2D eigenvalue weighted by molar-refractivity contribution is -0.190. The van der Waals surface area contributed by atoms with Crippen LogP contribution in [-0.2, 0) is 13.2 Å². The Balaban J connectivity index is 2.15. The molecule has 0 saturated carbocycles. The van der Waals surface area contributed by atoms with Crippen LogP contribution in [0.5, 0.6) is 5.88 Å². The Morgan fingerprint density at radius 2 is 2.06 bits per heavy atom. The van der Waals surface area contributed by atoms with E-state index in [0.29, 0.717) is 17.7 Å². The second-order valence-corrected chi connectivity index (χ2v) is 7.35. The zero-order valence-electron chi connectivity index (χ0n) is 17.2. The highest BCUT2D eigenvalue weighted by molar-refractivity contribution is 6.38. The summed E-state index contributed by atoms with van der Waals surface area (Å²) in [5.41, 5.74) is -1.92. The average Bonchev–Trinajstić information content (AvgIpc) is 3.26. The number of carbonyl (C=O) groups excluding carboxylic acids is 1. The quantitative estimate of drug-likeness (QED) is 0.401. The molecule has 0 aromatic carbocycles. The molecule has 17 heteroatoms. The zero-order chi connectivity index (χ0) is 25.4. The van der Waals surface area contributed by atoms with Gasteiger partial charge in [0.2, 0.25) is 5.88 Å². The molecule has 184 valence electrons. The number of carbonyl (C=O) groups is 1. The van der Waals surface area contributed by atoms with Crippen LogP contribution in [0.3, 0.4) is 0 Å². The predicted octanol–water partition coefficient (Wildman–Crippen LogP) is 2.69. The molecule has 0 aliphatic rings. The molecule has 0 fully saturated rings. The third-order valence-electron chi connectivity index (χ3n) is 4.43. The van der Waals surface area contributed by atoms with Crippen molar-refractivity contribution in [3.8, 4) is 11.7 Å². The van der Waals surface area contributed by atoms with Crippen molar-refractivity contribution < 1.29 is 32.2 Å². The molecule has 11 nitrogen and oxygen atoms in total. The Kier molecular flexibility index (Phi) is 7.18. The second kappa shape index (κ2) is 9.60. The van der Waals surface area contributed by atoms with Gasteiger partial charge in [-0.1, -0.05) is 23.2 Å². The van der Waals surface area contributed by atoms with Gasteiger partial charge in [-0.2, -0.15) is 27.9 Å². The molecule has 3 N–H and O–H groups in total. The van der Waals surface area contributed by atoms with Gasteiger partial charge in [0, 0.05) is 6.54 Å². The van der Waals surface area contributed by atoms with Crippen LogP contribution in [0.2, 0.25) is 10.3 Å². The number of aromatic amines is 1. The van der Waals surface area contributed by atoms with E-state index in [9.17, 15) is 32.3 Å². The molecule has 1 amide bonds. The summed E-state index contributed by atoms with van der Waals surface area (Å²) in [5.74, 6) is -4.44. The molecular formula is C17H15Cl2F4N7O4. The van der Waals surface area contributed by atoms with Gasteiger partial charge in [-0.15, -0.1) is 5.10 Å². The molecule has 0 bridgehead atoms. The fraction of sp³-hybridized carbons (Fsp3) is 0.353. The summed E-state index contributed by atoms with van der Waals surface area (Å²) in [6.07, 6.45) is -7.34. The van der Waals surface area contributed by atoms with E-state index >= 15 is 0 Å². The number of anilines is 1. The van der Waals surface area contributed by atoms with Gasteiger partial charge in [-0.25, -0.2) is 9.18 Å². The maximum atomic E-state index is 15.0. The minimum atomic E-state index is -4.87. The third-order valence-corrected chi connectivity index (χ3v) is 4.98. The van der Waals surface area contributed by atoms with Crippen molar-refractivity contribution in [1.82, 2.24) is 29.5 Å². The normalized spacial score (nSPS) is 12.6. The topological polar surface area (TPSA) is 140 Å². The Morgan fingerprint density at radius 1 is 1.38 bits per heavy atom. The van der Waals surface area contributed by atoms with E-state index in [4.69, 9.17) is 27.9 Å². The number of aliphatic hydroxyl groups is 1. The molecular weight excluding hydrogens is 513 g/mol. The lowest BCUT2D eigenvalue weighted by Gasteiger charge is -2.19. The largest absolute Gasteiger partial charge is 0.464 e. The van der Waals surface area contributed by atoms with Crippen LogP contribution in [0.4, 0.5) is 23.2 Å². The first-order valence-corrected chi connectivity index (χ1v) is 10.1. The van der Waals surface area contributed by atoms with Gasteiger partial charge in [0.15, 0.2) is 28.7 Å². The summed E-state index contributed by atoms with van der Waals surface area (Å²) in [5, 5.41) is 20.6. The number of halogens is 6. The van der Waals surface area contributed by atoms with Gasteiger partial charge in [0.1, 0.15) is 23.0 Å². The number of pyridine rings is 1. The molecule has 0 aliphatic carbocycles. The average molecular weight is 528 g/mol. The first kappa shape index (κ1) is 25.5. The number of aliphatic hydroxyl groups excluding tert-OH is 1. The SMILES string of the molecule is CCn1c(CO)nn(-c2nc(O[C@@H](C)C(F)(F)F)c(C(=O)Nc3c(Cl)n[nH]c3Cl)cc2F)c1=O. The van der Waals surface area contributed by atoms with E-state index in [2.05, 4.69) is 25.6 Å². The minimum Gasteiger partial charge on any atom is -0.464 e. The van der Waals surface area contributed by atoms with Crippen molar-refractivity contribution in [2.45, 2.75) is 39.3 Å². The fourth-order valence-corrected chi connectivity index (χ4v) is 3.11. The lowest BCUT2D eigenvalue weighted by Crippen LogP contribution is -2.33. The zero-order valence-corrected chi connectivity index (χ0v) is 18.8. The smallest absolute Gasteiger partial charge is 0.425 e. The number of hydrogen-bond donors (Lipinski definition) is 3. The molecule has 1 atom stereocenters. The highest BCUT2D eigenvalue weighted by atomic mass is 35.5. The van der Waals surface area contributed by atoms with Crippen LogP contribution in [0.1, 0.15) is 30.0 Å². The molecule has 0 radical (unpaired) electrons. The van der Waals surface area contributed by atoms with Gasteiger partial charge in [-0.3, -0.25) is 14.5 Å². The van der Waals surface area contributed by atoms with Crippen LogP contribution in [0.25, 0.3) is 5.82 Å². The van der Waals surface area contributed by atoms with E-state index in [0.717, 1.165) is 4.57 Å². The summed E-state index contributed by atoms with van der Waals surface area (Å²) >= 11 is 11.6. The number of ether oxygens (including phenoxy) is 1. The Bertz CT molecular complexity index is 1270. The van der Waals surface area contributed by atoms with E-state index in [-0.39, 0.29) is 28.4 Å². The van der Waals surface area contributed by atoms with E-state index in [1.54, 1.807) is 6.92 Å². The molecule has 0 saturated heterocycles. The number of aromatic nitrogens is 6. The van der Waals surface area contributed by atoms with Gasteiger partial charge >= 0.3 is 11.9 Å².